The summed E-state index contributed by atoms with van der Waals surface area (Å²) in [5.41, 5.74) is 0. The summed E-state index contributed by atoms with van der Waals surface area (Å²) in [6.07, 6.45) is 39.1. The lowest BCUT2D eigenvalue weighted by Crippen LogP contribution is -2.04. The smallest absolute Gasteiger partial charge is 0.0839 e. The van der Waals surface area contributed by atoms with Crippen LogP contribution < -0.4 is 0 Å². The zero-order chi connectivity index (χ0) is 24.8. The fourth-order valence-corrected chi connectivity index (χ4v) is 5.33. The zero-order valence-corrected chi connectivity index (χ0v) is 23.9. The molecule has 0 bridgehead atoms. The number of unbranched alkanes of at least 4 members (excludes halogenated alkanes) is 24. The molecule has 0 rings (SSSR count). The minimum Gasteiger partial charge on any atom is -0.151 e. The number of hydrogen-bond donors (Lipinski definition) is 0. The number of rotatable bonds is 30. The van der Waals surface area contributed by atoms with Crippen LogP contribution in [-0.2, 0) is 0 Å². The van der Waals surface area contributed by atoms with Gasteiger partial charge in [0.1, 0.15) is 0 Å². The van der Waals surface area contributed by atoms with E-state index in [-0.39, 0.29) is 0 Å². The van der Waals surface area contributed by atoms with Crippen molar-refractivity contribution < 1.29 is 0 Å². The molecule has 0 aliphatic rings. The molecule has 0 N–H and O–H groups in total. The van der Waals surface area contributed by atoms with E-state index >= 15 is 0 Å². The second kappa shape index (κ2) is 30.6. The van der Waals surface area contributed by atoms with Crippen LogP contribution in [0, 0.1) is 10.8 Å². The molecule has 0 fully saturated rings. The average molecular weight is 480 g/mol. The maximum Gasteiger partial charge on any atom is 0.0839 e. The summed E-state index contributed by atoms with van der Waals surface area (Å²) in [4.78, 5) is 10.8. The quantitative estimate of drug-likeness (QED) is 0.0743. The lowest BCUT2D eigenvalue weighted by Gasteiger charge is -2.13. The first-order valence-corrected chi connectivity index (χ1v) is 16.1. The first kappa shape index (κ1) is 33.6. The van der Waals surface area contributed by atoms with E-state index < -0.39 is 0 Å². The normalized spacial score (nSPS) is 12.3. The molecule has 0 aliphatic carbocycles. The largest absolute Gasteiger partial charge is 0.151 e. The third kappa shape index (κ3) is 27.8. The molecular formula is C32H65NO. The number of hydrogen-bond acceptors (Lipinski definition) is 2. The summed E-state index contributed by atoms with van der Waals surface area (Å²) in [6.45, 7) is 5.13. The van der Waals surface area contributed by atoms with E-state index in [1.165, 1.54) is 180 Å². The van der Waals surface area contributed by atoms with Gasteiger partial charge in [-0.3, -0.25) is 0 Å². The van der Waals surface area contributed by atoms with E-state index in [1.807, 2.05) is 0 Å². The highest BCUT2D eigenvalue weighted by molar-refractivity contribution is 4.63. The molecule has 0 heterocycles. The van der Waals surface area contributed by atoms with Gasteiger partial charge in [0.05, 0.1) is 6.54 Å². The summed E-state index contributed by atoms with van der Waals surface area (Å²) in [5, 5.41) is 3.24. The van der Waals surface area contributed by atoms with Crippen LogP contribution in [0.25, 0.3) is 0 Å². The highest BCUT2D eigenvalue weighted by Crippen LogP contribution is 2.20. The Morgan fingerprint density at radius 3 is 0.853 bits per heavy atom. The van der Waals surface area contributed by atoms with E-state index in [9.17, 15) is 4.91 Å². The van der Waals surface area contributed by atoms with E-state index in [2.05, 4.69) is 19.0 Å². The number of nitroso groups, excluding NO2 is 1. The molecule has 1 unspecified atom stereocenters. The molecule has 2 heteroatoms. The maximum atomic E-state index is 10.8. The van der Waals surface area contributed by atoms with Crippen LogP contribution in [-0.4, -0.2) is 6.54 Å². The molecule has 0 aliphatic heterocycles. The third-order valence-corrected chi connectivity index (χ3v) is 7.76. The maximum absolute atomic E-state index is 10.8. The fourth-order valence-electron chi connectivity index (χ4n) is 5.33. The summed E-state index contributed by atoms with van der Waals surface area (Å²) in [7, 11) is 0. The van der Waals surface area contributed by atoms with E-state index in [0.29, 0.717) is 12.5 Å². The van der Waals surface area contributed by atoms with Gasteiger partial charge in [0, 0.05) is 0 Å². The molecule has 1 atom stereocenters. The molecule has 0 amide bonds. The molecule has 0 aromatic heterocycles. The molecule has 2 nitrogen and oxygen atoms in total. The van der Waals surface area contributed by atoms with Crippen molar-refractivity contribution in [2.24, 2.45) is 11.1 Å². The van der Waals surface area contributed by atoms with Gasteiger partial charge in [0.25, 0.3) is 0 Å². The van der Waals surface area contributed by atoms with Crippen molar-refractivity contribution in [3.8, 4) is 0 Å². The third-order valence-electron chi connectivity index (χ3n) is 7.76. The van der Waals surface area contributed by atoms with Gasteiger partial charge in [-0.05, 0) is 18.8 Å². The van der Waals surface area contributed by atoms with Crippen molar-refractivity contribution in [2.45, 2.75) is 194 Å². The zero-order valence-electron chi connectivity index (χ0n) is 23.9. The van der Waals surface area contributed by atoms with Crippen molar-refractivity contribution >= 4 is 0 Å². The van der Waals surface area contributed by atoms with Crippen molar-refractivity contribution in [1.29, 1.82) is 0 Å². The average Bonchev–Trinajstić information content (AvgIpc) is 2.84. The summed E-state index contributed by atoms with van der Waals surface area (Å²) in [6, 6.07) is 0. The van der Waals surface area contributed by atoms with Crippen LogP contribution in [0.4, 0.5) is 0 Å². The molecule has 0 radical (unpaired) electrons. The molecular weight excluding hydrogens is 414 g/mol. The van der Waals surface area contributed by atoms with Crippen LogP contribution >= 0.6 is 0 Å². The summed E-state index contributed by atoms with van der Waals surface area (Å²) >= 11 is 0. The van der Waals surface area contributed by atoms with Crippen molar-refractivity contribution in [3.05, 3.63) is 4.91 Å². The molecule has 0 saturated carbocycles. The second-order valence-corrected chi connectivity index (χ2v) is 11.2. The van der Waals surface area contributed by atoms with Gasteiger partial charge in [-0.25, -0.2) is 0 Å². The predicted molar refractivity (Wildman–Crippen MR) is 155 cm³/mol. The van der Waals surface area contributed by atoms with E-state index in [4.69, 9.17) is 0 Å². The minimum absolute atomic E-state index is 0.551. The van der Waals surface area contributed by atoms with Crippen molar-refractivity contribution in [2.75, 3.05) is 6.54 Å². The Hall–Kier alpha value is -0.400. The Morgan fingerprint density at radius 2 is 0.618 bits per heavy atom. The Labute approximate surface area is 216 Å². The van der Waals surface area contributed by atoms with Gasteiger partial charge in [-0.2, -0.15) is 4.91 Å². The monoisotopic (exact) mass is 480 g/mol. The van der Waals surface area contributed by atoms with E-state index in [1.54, 1.807) is 0 Å². The topological polar surface area (TPSA) is 29.4 Å². The SMILES string of the molecule is CCCCCCCCCCCCCCCCCCCC(CCCCCCCCCCC)CN=O. The Morgan fingerprint density at radius 1 is 0.382 bits per heavy atom. The summed E-state index contributed by atoms with van der Waals surface area (Å²) in [5.74, 6) is 0.554. The molecule has 0 spiro atoms. The van der Waals surface area contributed by atoms with Crippen molar-refractivity contribution in [3.63, 3.8) is 0 Å². The van der Waals surface area contributed by atoms with Crippen LogP contribution in [0.3, 0.4) is 0 Å². The standard InChI is InChI=1S/C32H65NO/c1-3-5-7-9-11-13-14-15-16-17-18-19-20-22-24-26-28-30-32(31-33-34)29-27-25-23-21-12-10-8-6-4-2/h32H,3-31H2,1-2H3. The Kier molecular flexibility index (Phi) is 30.3. The highest BCUT2D eigenvalue weighted by atomic mass is 16.3. The molecule has 0 aromatic rings. The Balaban J connectivity index is 3.34. The van der Waals surface area contributed by atoms with Crippen LogP contribution in [0.15, 0.2) is 5.18 Å². The second-order valence-electron chi connectivity index (χ2n) is 11.2. The van der Waals surface area contributed by atoms with Gasteiger partial charge in [-0.1, -0.05) is 186 Å². The van der Waals surface area contributed by atoms with Crippen LogP contribution in [0.5, 0.6) is 0 Å². The first-order valence-electron chi connectivity index (χ1n) is 16.1. The molecule has 0 saturated heterocycles. The Bertz CT molecular complexity index is 370. The fraction of sp³-hybridized carbons (Fsp3) is 1.00. The van der Waals surface area contributed by atoms with E-state index in [0.717, 1.165) is 0 Å². The van der Waals surface area contributed by atoms with Gasteiger partial charge >= 0.3 is 0 Å². The van der Waals surface area contributed by atoms with Gasteiger partial charge in [0.15, 0.2) is 0 Å². The van der Waals surface area contributed by atoms with Gasteiger partial charge < -0.3 is 0 Å². The molecule has 34 heavy (non-hydrogen) atoms. The summed E-state index contributed by atoms with van der Waals surface area (Å²) < 4.78 is 0. The highest BCUT2D eigenvalue weighted by Gasteiger charge is 2.08. The van der Waals surface area contributed by atoms with Crippen LogP contribution in [0.1, 0.15) is 194 Å². The van der Waals surface area contributed by atoms with Gasteiger partial charge in [-0.15, -0.1) is 0 Å². The molecule has 204 valence electrons. The lowest BCUT2D eigenvalue weighted by molar-refractivity contribution is 0.409. The van der Waals surface area contributed by atoms with Crippen LogP contribution in [0.2, 0.25) is 0 Å². The predicted octanol–water partition coefficient (Wildman–Crippen LogP) is 12.3. The van der Waals surface area contributed by atoms with Gasteiger partial charge in [0.2, 0.25) is 0 Å². The lowest BCUT2D eigenvalue weighted by atomic mass is 9.94. The molecule has 0 aromatic carbocycles. The first-order chi connectivity index (χ1) is 16.8. The minimum atomic E-state index is 0.551. The number of nitrogens with zero attached hydrogens (tertiary/aromatic N) is 1. The van der Waals surface area contributed by atoms with Crippen molar-refractivity contribution in [1.82, 2.24) is 0 Å².